The lowest BCUT2D eigenvalue weighted by atomic mass is 10.0. The van der Waals surface area contributed by atoms with Crippen molar-refractivity contribution in [3.8, 4) is 0 Å². The number of rotatable bonds is 37. The summed E-state index contributed by atoms with van der Waals surface area (Å²) >= 11 is 0. The Morgan fingerprint density at radius 1 is 0.422 bits per heavy atom. The van der Waals surface area contributed by atoms with Crippen molar-refractivity contribution >= 4 is 11.9 Å². The summed E-state index contributed by atoms with van der Waals surface area (Å²) in [4.78, 5) is 24.2. The number of unbranched alkanes of at least 4 members (excludes halogenated alkanes) is 29. The summed E-state index contributed by atoms with van der Waals surface area (Å²) in [7, 11) is 0. The van der Waals surface area contributed by atoms with E-state index in [1.54, 1.807) is 0 Å². The van der Waals surface area contributed by atoms with E-state index < -0.39 is 6.10 Å². The topological polar surface area (TPSA) is 72.8 Å². The van der Waals surface area contributed by atoms with E-state index in [1.807, 2.05) is 0 Å². The molecule has 45 heavy (non-hydrogen) atoms. The molecule has 268 valence electrons. The van der Waals surface area contributed by atoms with E-state index in [0.29, 0.717) is 12.8 Å². The molecule has 0 aromatic rings. The van der Waals surface area contributed by atoms with Gasteiger partial charge in [0.1, 0.15) is 6.61 Å². The lowest BCUT2D eigenvalue weighted by molar-refractivity contribution is -0.161. The van der Waals surface area contributed by atoms with Gasteiger partial charge in [-0.3, -0.25) is 9.59 Å². The molecule has 0 aromatic carbocycles. The second kappa shape index (κ2) is 37.4. The highest BCUT2D eigenvalue weighted by Gasteiger charge is 2.16. The van der Waals surface area contributed by atoms with Crippen LogP contribution in [0.1, 0.15) is 226 Å². The number of carbonyl (C=O) groups excluding carboxylic acids is 2. The zero-order valence-electron chi connectivity index (χ0n) is 30.4. The van der Waals surface area contributed by atoms with Crippen molar-refractivity contribution in [1.82, 2.24) is 0 Å². The molecule has 0 saturated carbocycles. The Labute approximate surface area is 280 Å². The lowest BCUT2D eigenvalue weighted by Gasteiger charge is -2.15. The number of hydrogen-bond donors (Lipinski definition) is 1. The number of aliphatic hydroxyl groups is 1. The van der Waals surface area contributed by atoms with Crippen LogP contribution in [0.2, 0.25) is 0 Å². The van der Waals surface area contributed by atoms with Gasteiger partial charge in [-0.05, 0) is 12.8 Å². The minimum atomic E-state index is -0.761. The Balaban J connectivity index is 3.48. The standard InChI is InChI=1S/C40H78O5/c1-3-5-7-9-11-13-15-17-19-20-21-23-25-27-29-31-33-35-40(43)45-38(36-41)37-44-39(42)34-32-30-28-26-24-22-18-16-14-12-10-8-6-4-2/h38,41H,3-37H2,1-2H3. The number of carbonyl (C=O) groups is 2. The number of hydrogen-bond acceptors (Lipinski definition) is 5. The average molecular weight is 639 g/mol. The number of ether oxygens (including phenoxy) is 2. The van der Waals surface area contributed by atoms with E-state index in [-0.39, 0.29) is 25.2 Å². The third-order valence-corrected chi connectivity index (χ3v) is 9.15. The van der Waals surface area contributed by atoms with E-state index in [2.05, 4.69) is 13.8 Å². The Morgan fingerprint density at radius 2 is 0.689 bits per heavy atom. The molecule has 0 heterocycles. The third kappa shape index (κ3) is 35.6. The van der Waals surface area contributed by atoms with Crippen LogP contribution in [0.5, 0.6) is 0 Å². The fourth-order valence-corrected chi connectivity index (χ4v) is 6.08. The van der Waals surface area contributed by atoms with Crippen LogP contribution in [0.15, 0.2) is 0 Å². The van der Waals surface area contributed by atoms with Crippen LogP contribution in [-0.2, 0) is 19.1 Å². The van der Waals surface area contributed by atoms with E-state index in [1.165, 1.54) is 167 Å². The van der Waals surface area contributed by atoms with Crippen LogP contribution in [0.3, 0.4) is 0 Å². The number of aliphatic hydroxyl groups excluding tert-OH is 1. The molecule has 1 unspecified atom stereocenters. The highest BCUT2D eigenvalue weighted by Crippen LogP contribution is 2.16. The predicted molar refractivity (Wildman–Crippen MR) is 192 cm³/mol. The molecule has 0 aliphatic carbocycles. The largest absolute Gasteiger partial charge is 0.462 e. The van der Waals surface area contributed by atoms with Crippen molar-refractivity contribution in [3.63, 3.8) is 0 Å². The van der Waals surface area contributed by atoms with Crippen LogP contribution in [0, 0.1) is 0 Å². The Morgan fingerprint density at radius 3 is 0.978 bits per heavy atom. The van der Waals surface area contributed by atoms with Gasteiger partial charge >= 0.3 is 11.9 Å². The highest BCUT2D eigenvalue weighted by atomic mass is 16.6. The Kier molecular flexibility index (Phi) is 36.4. The van der Waals surface area contributed by atoms with Crippen molar-refractivity contribution < 1.29 is 24.2 Å². The molecule has 0 spiro atoms. The minimum absolute atomic E-state index is 0.0568. The summed E-state index contributed by atoms with van der Waals surface area (Å²) in [5.74, 6) is -0.574. The monoisotopic (exact) mass is 639 g/mol. The molecule has 1 atom stereocenters. The molecule has 0 amide bonds. The molecule has 0 radical (unpaired) electrons. The van der Waals surface area contributed by atoms with Crippen LogP contribution >= 0.6 is 0 Å². The smallest absolute Gasteiger partial charge is 0.306 e. The van der Waals surface area contributed by atoms with Crippen LogP contribution in [0.25, 0.3) is 0 Å². The van der Waals surface area contributed by atoms with Gasteiger partial charge in [0.25, 0.3) is 0 Å². The van der Waals surface area contributed by atoms with Gasteiger partial charge in [-0.2, -0.15) is 0 Å². The van der Waals surface area contributed by atoms with Gasteiger partial charge in [-0.15, -0.1) is 0 Å². The van der Waals surface area contributed by atoms with Crippen LogP contribution in [0.4, 0.5) is 0 Å². The second-order valence-electron chi connectivity index (χ2n) is 13.7. The van der Waals surface area contributed by atoms with Gasteiger partial charge in [0.2, 0.25) is 0 Å². The molecule has 0 aliphatic heterocycles. The van der Waals surface area contributed by atoms with Crippen molar-refractivity contribution in [2.75, 3.05) is 13.2 Å². The summed E-state index contributed by atoms with van der Waals surface area (Å²) in [5.41, 5.74) is 0. The molecule has 0 rings (SSSR count). The van der Waals surface area contributed by atoms with Gasteiger partial charge in [-0.1, -0.05) is 200 Å². The zero-order valence-corrected chi connectivity index (χ0v) is 30.4. The molecule has 5 nitrogen and oxygen atoms in total. The summed E-state index contributed by atoms with van der Waals surface area (Å²) in [6.07, 6.45) is 40.2. The molecule has 0 fully saturated rings. The van der Waals surface area contributed by atoms with Crippen molar-refractivity contribution in [2.45, 2.75) is 232 Å². The minimum Gasteiger partial charge on any atom is -0.462 e. The fourth-order valence-electron chi connectivity index (χ4n) is 6.08. The summed E-state index contributed by atoms with van der Waals surface area (Å²) in [5, 5.41) is 9.55. The molecular weight excluding hydrogens is 560 g/mol. The van der Waals surface area contributed by atoms with Gasteiger partial charge in [0.05, 0.1) is 6.61 Å². The molecule has 0 aliphatic rings. The quantitative estimate of drug-likeness (QED) is 0.0541. The summed E-state index contributed by atoms with van der Waals surface area (Å²) in [6, 6.07) is 0. The molecule has 0 bridgehead atoms. The van der Waals surface area contributed by atoms with Gasteiger partial charge in [-0.25, -0.2) is 0 Å². The van der Waals surface area contributed by atoms with Crippen molar-refractivity contribution in [1.29, 1.82) is 0 Å². The summed E-state index contributed by atoms with van der Waals surface area (Å²) < 4.78 is 10.6. The van der Waals surface area contributed by atoms with E-state index >= 15 is 0 Å². The van der Waals surface area contributed by atoms with Gasteiger partial charge in [0, 0.05) is 12.8 Å². The fraction of sp³-hybridized carbons (Fsp3) is 0.950. The molecule has 5 heteroatoms. The summed E-state index contributed by atoms with van der Waals surface area (Å²) in [6.45, 7) is 4.16. The van der Waals surface area contributed by atoms with Gasteiger partial charge < -0.3 is 14.6 Å². The molecule has 1 N–H and O–H groups in total. The van der Waals surface area contributed by atoms with E-state index in [9.17, 15) is 14.7 Å². The molecule has 0 aromatic heterocycles. The van der Waals surface area contributed by atoms with E-state index in [0.717, 1.165) is 32.1 Å². The van der Waals surface area contributed by atoms with Gasteiger partial charge in [0.15, 0.2) is 6.10 Å². The third-order valence-electron chi connectivity index (χ3n) is 9.15. The van der Waals surface area contributed by atoms with E-state index in [4.69, 9.17) is 9.47 Å². The number of esters is 2. The first-order valence-corrected chi connectivity index (χ1v) is 20.1. The van der Waals surface area contributed by atoms with Crippen molar-refractivity contribution in [2.24, 2.45) is 0 Å². The maximum Gasteiger partial charge on any atom is 0.306 e. The van der Waals surface area contributed by atoms with Crippen molar-refractivity contribution in [3.05, 3.63) is 0 Å². The zero-order chi connectivity index (χ0) is 32.9. The normalized spacial score (nSPS) is 12.0. The highest BCUT2D eigenvalue weighted by molar-refractivity contribution is 5.70. The van der Waals surface area contributed by atoms with Crippen LogP contribution < -0.4 is 0 Å². The Hall–Kier alpha value is -1.10. The SMILES string of the molecule is CCCCCCCCCCCCCCCCCCCC(=O)OC(CO)COC(=O)CCCCCCCCCCCCCCCC. The first-order chi connectivity index (χ1) is 22.1. The lowest BCUT2D eigenvalue weighted by Crippen LogP contribution is -2.28. The average Bonchev–Trinajstić information content (AvgIpc) is 3.04. The predicted octanol–water partition coefficient (Wildman–Crippen LogP) is 12.3. The first kappa shape index (κ1) is 43.9. The molecular formula is C40H78O5. The second-order valence-corrected chi connectivity index (χ2v) is 13.7. The Bertz CT molecular complexity index is 607. The maximum absolute atomic E-state index is 12.2. The maximum atomic E-state index is 12.2. The first-order valence-electron chi connectivity index (χ1n) is 20.1. The molecule has 0 saturated heterocycles. The van der Waals surface area contributed by atoms with Crippen LogP contribution in [-0.4, -0.2) is 36.4 Å².